The van der Waals surface area contributed by atoms with Crippen molar-refractivity contribution >= 4 is 16.9 Å². The molecule has 4 rings (SSSR count). The molecule has 1 aliphatic carbocycles. The molecule has 1 saturated heterocycles. The zero-order valence-electron chi connectivity index (χ0n) is 11.4. The van der Waals surface area contributed by atoms with Crippen LogP contribution in [0.25, 0.3) is 11.0 Å². The van der Waals surface area contributed by atoms with Gasteiger partial charge in [-0.3, -0.25) is 4.79 Å². The third kappa shape index (κ3) is 1.97. The summed E-state index contributed by atoms with van der Waals surface area (Å²) in [5, 5.41) is 8.74. The highest BCUT2D eigenvalue weighted by Crippen LogP contribution is 2.35. The van der Waals surface area contributed by atoms with Gasteiger partial charge in [-0.1, -0.05) is 18.6 Å². The number of amides is 1. The molecular formula is C15H18N4O. The SMILES string of the molecule is O=C(Cn1nc2ccccc2n1)N1C[C@@H]2CCC[C@H]1C2. The summed E-state index contributed by atoms with van der Waals surface area (Å²) < 4.78 is 0. The summed E-state index contributed by atoms with van der Waals surface area (Å²) in [5.41, 5.74) is 1.70. The van der Waals surface area contributed by atoms with Gasteiger partial charge in [-0.2, -0.15) is 15.0 Å². The molecule has 2 atom stereocenters. The van der Waals surface area contributed by atoms with E-state index in [9.17, 15) is 4.79 Å². The molecule has 2 bridgehead atoms. The second-order valence-corrected chi connectivity index (χ2v) is 5.95. The molecule has 1 saturated carbocycles. The Hall–Kier alpha value is -1.91. The number of carbonyl (C=O) groups is 1. The molecule has 2 aromatic rings. The van der Waals surface area contributed by atoms with Crippen LogP contribution in [-0.4, -0.2) is 38.4 Å². The van der Waals surface area contributed by atoms with Crippen LogP contribution in [0, 0.1) is 5.92 Å². The maximum absolute atomic E-state index is 12.5. The first kappa shape index (κ1) is 11.9. The summed E-state index contributed by atoms with van der Waals surface area (Å²) in [7, 11) is 0. The lowest BCUT2D eigenvalue weighted by Crippen LogP contribution is -2.37. The lowest BCUT2D eigenvalue weighted by Gasteiger charge is -2.24. The quantitative estimate of drug-likeness (QED) is 0.836. The zero-order chi connectivity index (χ0) is 13.5. The van der Waals surface area contributed by atoms with Gasteiger partial charge in [-0.05, 0) is 37.3 Å². The van der Waals surface area contributed by atoms with Gasteiger partial charge in [0.05, 0.1) is 0 Å². The topological polar surface area (TPSA) is 51.0 Å². The highest BCUT2D eigenvalue weighted by molar-refractivity contribution is 5.77. The second-order valence-electron chi connectivity index (χ2n) is 5.95. The number of nitrogens with zero attached hydrogens (tertiary/aromatic N) is 4. The number of fused-ring (bicyclic) bond motifs is 3. The summed E-state index contributed by atoms with van der Waals surface area (Å²) in [5.74, 6) is 0.891. The van der Waals surface area contributed by atoms with Gasteiger partial charge >= 0.3 is 0 Å². The molecule has 20 heavy (non-hydrogen) atoms. The van der Waals surface area contributed by atoms with Crippen LogP contribution in [0.5, 0.6) is 0 Å². The number of carbonyl (C=O) groups excluding carboxylic acids is 1. The third-order valence-electron chi connectivity index (χ3n) is 4.58. The second kappa shape index (κ2) is 4.58. The number of rotatable bonds is 2. The number of benzene rings is 1. The van der Waals surface area contributed by atoms with Crippen LogP contribution < -0.4 is 0 Å². The first-order valence-electron chi connectivity index (χ1n) is 7.39. The van der Waals surface area contributed by atoms with E-state index in [2.05, 4.69) is 15.1 Å². The summed E-state index contributed by atoms with van der Waals surface area (Å²) in [6.07, 6.45) is 4.91. The molecule has 5 heteroatoms. The minimum atomic E-state index is 0.166. The normalized spacial score (nSPS) is 25.3. The van der Waals surface area contributed by atoms with Gasteiger partial charge < -0.3 is 4.90 Å². The van der Waals surface area contributed by atoms with E-state index in [1.54, 1.807) is 0 Å². The van der Waals surface area contributed by atoms with E-state index in [0.717, 1.165) is 29.9 Å². The summed E-state index contributed by atoms with van der Waals surface area (Å²) >= 11 is 0. The Morgan fingerprint density at radius 1 is 1.20 bits per heavy atom. The lowest BCUT2D eigenvalue weighted by molar-refractivity contribution is -0.133. The van der Waals surface area contributed by atoms with Gasteiger partial charge in [0.25, 0.3) is 0 Å². The predicted molar refractivity (Wildman–Crippen MR) is 75.0 cm³/mol. The van der Waals surface area contributed by atoms with E-state index in [1.807, 2.05) is 24.3 Å². The first-order chi connectivity index (χ1) is 9.79. The van der Waals surface area contributed by atoms with Crippen molar-refractivity contribution in [2.75, 3.05) is 6.54 Å². The van der Waals surface area contributed by atoms with Crippen molar-refractivity contribution in [2.45, 2.75) is 38.3 Å². The number of hydrogen-bond donors (Lipinski definition) is 0. The number of likely N-dealkylation sites (tertiary alicyclic amines) is 1. The van der Waals surface area contributed by atoms with Gasteiger partial charge in [-0.25, -0.2) is 0 Å². The van der Waals surface area contributed by atoms with E-state index < -0.39 is 0 Å². The van der Waals surface area contributed by atoms with E-state index in [1.165, 1.54) is 24.1 Å². The van der Waals surface area contributed by atoms with Gasteiger partial charge in [0.1, 0.15) is 17.6 Å². The summed E-state index contributed by atoms with van der Waals surface area (Å²) in [6.45, 7) is 1.20. The van der Waals surface area contributed by atoms with Crippen molar-refractivity contribution in [3.63, 3.8) is 0 Å². The molecule has 0 spiro atoms. The van der Waals surface area contributed by atoms with Gasteiger partial charge in [-0.15, -0.1) is 0 Å². The van der Waals surface area contributed by atoms with Crippen molar-refractivity contribution < 1.29 is 4.79 Å². The molecule has 104 valence electrons. The monoisotopic (exact) mass is 270 g/mol. The van der Waals surface area contributed by atoms with Crippen LogP contribution in [-0.2, 0) is 11.3 Å². The van der Waals surface area contributed by atoms with Crippen LogP contribution in [0.2, 0.25) is 0 Å². The fourth-order valence-electron chi connectivity index (χ4n) is 3.63. The molecule has 5 nitrogen and oxygen atoms in total. The van der Waals surface area contributed by atoms with E-state index >= 15 is 0 Å². The van der Waals surface area contributed by atoms with Crippen LogP contribution in [0.15, 0.2) is 24.3 Å². The van der Waals surface area contributed by atoms with Crippen LogP contribution in [0.1, 0.15) is 25.7 Å². The Kier molecular flexibility index (Phi) is 2.72. The maximum Gasteiger partial charge on any atom is 0.246 e. The minimum Gasteiger partial charge on any atom is -0.338 e. The Bertz CT molecular complexity index is 617. The summed E-state index contributed by atoms with van der Waals surface area (Å²) in [4.78, 5) is 16.1. The highest BCUT2D eigenvalue weighted by atomic mass is 16.2. The molecular weight excluding hydrogens is 252 g/mol. The molecule has 2 fully saturated rings. The maximum atomic E-state index is 12.5. The lowest BCUT2D eigenvalue weighted by atomic mass is 9.90. The summed E-state index contributed by atoms with van der Waals surface area (Å²) in [6, 6.07) is 8.18. The van der Waals surface area contributed by atoms with Gasteiger partial charge in [0, 0.05) is 12.6 Å². The molecule has 0 radical (unpaired) electrons. The Morgan fingerprint density at radius 3 is 2.65 bits per heavy atom. The van der Waals surface area contributed by atoms with Crippen LogP contribution in [0.4, 0.5) is 0 Å². The van der Waals surface area contributed by atoms with E-state index in [0.29, 0.717) is 6.04 Å². The zero-order valence-corrected chi connectivity index (χ0v) is 11.4. The average molecular weight is 270 g/mol. The van der Waals surface area contributed by atoms with Crippen molar-refractivity contribution in [1.82, 2.24) is 19.9 Å². The predicted octanol–water partition coefficient (Wildman–Crippen LogP) is 1.83. The van der Waals surface area contributed by atoms with Crippen LogP contribution >= 0.6 is 0 Å². The first-order valence-corrected chi connectivity index (χ1v) is 7.39. The smallest absolute Gasteiger partial charge is 0.246 e. The Labute approximate surface area is 117 Å². The largest absolute Gasteiger partial charge is 0.338 e. The van der Waals surface area contributed by atoms with E-state index in [4.69, 9.17) is 0 Å². The molecule has 0 N–H and O–H groups in total. The molecule has 1 aromatic carbocycles. The molecule has 1 aromatic heterocycles. The van der Waals surface area contributed by atoms with Crippen molar-refractivity contribution in [3.8, 4) is 0 Å². The molecule has 2 heterocycles. The Balaban J connectivity index is 1.52. The van der Waals surface area contributed by atoms with Crippen molar-refractivity contribution in [1.29, 1.82) is 0 Å². The number of hydrogen-bond acceptors (Lipinski definition) is 3. The van der Waals surface area contributed by atoms with Gasteiger partial charge in [0.15, 0.2) is 0 Å². The molecule has 1 amide bonds. The van der Waals surface area contributed by atoms with Gasteiger partial charge in [0.2, 0.25) is 5.91 Å². The van der Waals surface area contributed by atoms with Crippen molar-refractivity contribution in [3.05, 3.63) is 24.3 Å². The third-order valence-corrected chi connectivity index (χ3v) is 4.58. The van der Waals surface area contributed by atoms with Crippen molar-refractivity contribution in [2.24, 2.45) is 5.92 Å². The number of aromatic nitrogens is 3. The molecule has 2 aliphatic rings. The van der Waals surface area contributed by atoms with E-state index in [-0.39, 0.29) is 12.5 Å². The van der Waals surface area contributed by atoms with Crippen LogP contribution in [0.3, 0.4) is 0 Å². The average Bonchev–Trinajstić information content (AvgIpc) is 2.99. The molecule has 0 unspecified atom stereocenters. The fraction of sp³-hybridized carbons (Fsp3) is 0.533. The minimum absolute atomic E-state index is 0.166. The fourth-order valence-corrected chi connectivity index (χ4v) is 3.63. The Morgan fingerprint density at radius 2 is 1.95 bits per heavy atom. The molecule has 1 aliphatic heterocycles. The highest BCUT2D eigenvalue weighted by Gasteiger charge is 2.37. The standard InChI is InChI=1S/C15H18N4O/c20-15(18-9-11-4-3-5-12(18)8-11)10-19-16-13-6-1-2-7-14(13)17-19/h1-2,6-7,11-12H,3-5,8-10H2/t11-,12+/m1/s1.